The van der Waals surface area contributed by atoms with Gasteiger partial charge in [-0.2, -0.15) is 5.10 Å². The molecule has 2 aromatic carbocycles. The summed E-state index contributed by atoms with van der Waals surface area (Å²) in [6.07, 6.45) is 0. The number of halogens is 1. The highest BCUT2D eigenvalue weighted by molar-refractivity contribution is 9.10. The molecule has 1 aromatic heterocycles. The molecule has 0 saturated heterocycles. The minimum atomic E-state index is 0.502. The molecule has 0 aliphatic heterocycles. The summed E-state index contributed by atoms with van der Waals surface area (Å²) in [7, 11) is 0. The van der Waals surface area contributed by atoms with E-state index in [-0.39, 0.29) is 0 Å². The van der Waals surface area contributed by atoms with Gasteiger partial charge in [-0.1, -0.05) is 28.1 Å². The number of nitrogens with zero attached hydrogens (tertiary/aromatic N) is 2. The molecule has 0 fully saturated rings. The van der Waals surface area contributed by atoms with E-state index in [2.05, 4.69) is 32.2 Å². The summed E-state index contributed by atoms with van der Waals surface area (Å²) < 4.78 is 6.75. The van der Waals surface area contributed by atoms with Gasteiger partial charge in [-0.25, -0.2) is 0 Å². The van der Waals surface area contributed by atoms with Crippen molar-refractivity contribution < 1.29 is 4.74 Å². The van der Waals surface area contributed by atoms with E-state index in [0.717, 1.165) is 26.7 Å². The summed E-state index contributed by atoms with van der Waals surface area (Å²) in [4.78, 5) is 0. The van der Waals surface area contributed by atoms with Crippen LogP contribution in [0.3, 0.4) is 0 Å². The molecule has 0 unspecified atom stereocenters. The number of benzene rings is 2. The topological polar surface area (TPSA) is 35.0 Å². The number of aromatic nitrogens is 2. The van der Waals surface area contributed by atoms with Crippen LogP contribution in [0.5, 0.6) is 11.6 Å². The average molecular weight is 315 g/mol. The van der Waals surface area contributed by atoms with E-state index in [9.17, 15) is 0 Å². The number of hydrogen-bond acceptors (Lipinski definition) is 3. The molecule has 0 spiro atoms. The highest BCUT2D eigenvalue weighted by atomic mass is 79.9. The Labute approximate surface area is 119 Å². The maximum atomic E-state index is 5.69. The maximum Gasteiger partial charge on any atom is 0.238 e. The first-order valence-electron chi connectivity index (χ1n) is 5.88. The molecule has 0 bridgehead atoms. The molecule has 0 aliphatic rings. The Morgan fingerprint density at radius 2 is 1.68 bits per heavy atom. The van der Waals surface area contributed by atoms with Crippen LogP contribution in [-0.2, 0) is 0 Å². The van der Waals surface area contributed by atoms with Gasteiger partial charge in [-0.3, -0.25) is 0 Å². The van der Waals surface area contributed by atoms with Crippen molar-refractivity contribution in [1.82, 2.24) is 10.2 Å². The van der Waals surface area contributed by atoms with Gasteiger partial charge in [0, 0.05) is 10.5 Å². The summed E-state index contributed by atoms with van der Waals surface area (Å²) in [5.74, 6) is 1.26. The zero-order valence-corrected chi connectivity index (χ0v) is 11.9. The second-order valence-corrected chi connectivity index (χ2v) is 5.18. The maximum absolute atomic E-state index is 5.69. The summed E-state index contributed by atoms with van der Waals surface area (Å²) in [6.45, 7) is 1.89. The second kappa shape index (κ2) is 4.97. The lowest BCUT2D eigenvalue weighted by atomic mass is 10.1. The van der Waals surface area contributed by atoms with Crippen molar-refractivity contribution in [1.29, 1.82) is 0 Å². The molecule has 4 heteroatoms. The molecule has 0 radical (unpaired) electrons. The highest BCUT2D eigenvalue weighted by Gasteiger charge is 2.01. The van der Waals surface area contributed by atoms with Crippen molar-refractivity contribution in [3.05, 3.63) is 58.7 Å². The first kappa shape index (κ1) is 12.1. The van der Waals surface area contributed by atoms with Crippen LogP contribution in [0.2, 0.25) is 0 Å². The van der Waals surface area contributed by atoms with Crippen molar-refractivity contribution >= 4 is 26.7 Å². The average Bonchev–Trinajstić information content (AvgIpc) is 2.42. The van der Waals surface area contributed by atoms with E-state index in [4.69, 9.17) is 4.74 Å². The van der Waals surface area contributed by atoms with E-state index in [0.29, 0.717) is 5.88 Å². The second-order valence-electron chi connectivity index (χ2n) is 4.27. The molecule has 0 saturated carbocycles. The first-order chi connectivity index (χ1) is 9.20. The predicted molar refractivity (Wildman–Crippen MR) is 78.5 cm³/mol. The van der Waals surface area contributed by atoms with Gasteiger partial charge in [0.1, 0.15) is 5.75 Å². The Morgan fingerprint density at radius 3 is 2.47 bits per heavy atom. The Hall–Kier alpha value is -1.94. The van der Waals surface area contributed by atoms with Crippen LogP contribution in [0.15, 0.2) is 53.0 Å². The van der Waals surface area contributed by atoms with Crippen molar-refractivity contribution in [2.45, 2.75) is 6.92 Å². The lowest BCUT2D eigenvalue weighted by molar-refractivity contribution is 0.455. The third-order valence-electron chi connectivity index (χ3n) is 2.77. The predicted octanol–water partition coefficient (Wildman–Crippen LogP) is 4.49. The van der Waals surface area contributed by atoms with Crippen LogP contribution < -0.4 is 4.74 Å². The Balaban J connectivity index is 1.93. The van der Waals surface area contributed by atoms with Crippen molar-refractivity contribution in [3.63, 3.8) is 0 Å². The molecule has 3 aromatic rings. The molecule has 0 atom stereocenters. The minimum absolute atomic E-state index is 0.502. The molecule has 3 nitrogen and oxygen atoms in total. The Kier molecular flexibility index (Phi) is 3.17. The standard InChI is InChI=1S/C15H11BrN2O/c1-10-2-7-15(18-17-10)19-14-6-4-11-8-13(16)5-3-12(11)9-14/h2-9H,1H3. The molecule has 0 aliphatic carbocycles. The van der Waals surface area contributed by atoms with E-state index in [1.54, 1.807) is 0 Å². The van der Waals surface area contributed by atoms with Gasteiger partial charge >= 0.3 is 0 Å². The fraction of sp³-hybridized carbons (Fsp3) is 0.0667. The van der Waals surface area contributed by atoms with Gasteiger partial charge < -0.3 is 4.74 Å². The smallest absolute Gasteiger partial charge is 0.238 e. The fourth-order valence-electron chi connectivity index (χ4n) is 1.82. The normalized spacial score (nSPS) is 10.6. The van der Waals surface area contributed by atoms with Gasteiger partial charge in [0.2, 0.25) is 5.88 Å². The Bertz CT molecular complexity index is 726. The van der Waals surface area contributed by atoms with Gasteiger partial charge in [0.05, 0.1) is 5.69 Å². The molecular formula is C15H11BrN2O. The van der Waals surface area contributed by atoms with Crippen molar-refractivity contribution in [2.75, 3.05) is 0 Å². The molecule has 0 N–H and O–H groups in total. The van der Waals surface area contributed by atoms with Crippen LogP contribution in [0, 0.1) is 6.92 Å². The van der Waals surface area contributed by atoms with Crippen LogP contribution in [0.25, 0.3) is 10.8 Å². The quantitative estimate of drug-likeness (QED) is 0.699. The van der Waals surface area contributed by atoms with Gasteiger partial charge in [-0.15, -0.1) is 5.10 Å². The first-order valence-corrected chi connectivity index (χ1v) is 6.67. The Morgan fingerprint density at radius 1 is 0.895 bits per heavy atom. The van der Waals surface area contributed by atoms with E-state index < -0.39 is 0 Å². The lowest BCUT2D eigenvalue weighted by Crippen LogP contribution is -1.91. The lowest BCUT2D eigenvalue weighted by Gasteiger charge is -2.06. The molecule has 0 amide bonds. The van der Waals surface area contributed by atoms with Crippen LogP contribution in [0.4, 0.5) is 0 Å². The highest BCUT2D eigenvalue weighted by Crippen LogP contribution is 2.26. The van der Waals surface area contributed by atoms with Crippen molar-refractivity contribution in [3.8, 4) is 11.6 Å². The number of fused-ring (bicyclic) bond motifs is 1. The number of rotatable bonds is 2. The number of hydrogen-bond donors (Lipinski definition) is 0. The van der Waals surface area contributed by atoms with Gasteiger partial charge in [0.15, 0.2) is 0 Å². The zero-order valence-electron chi connectivity index (χ0n) is 10.3. The SMILES string of the molecule is Cc1ccc(Oc2ccc3cc(Br)ccc3c2)nn1. The van der Waals surface area contributed by atoms with Crippen LogP contribution in [-0.4, -0.2) is 10.2 Å². The van der Waals surface area contributed by atoms with Crippen LogP contribution in [0.1, 0.15) is 5.69 Å². The van der Waals surface area contributed by atoms with E-state index >= 15 is 0 Å². The molecule has 94 valence electrons. The minimum Gasteiger partial charge on any atom is -0.438 e. The number of aryl methyl sites for hydroxylation is 1. The van der Waals surface area contributed by atoms with Crippen molar-refractivity contribution in [2.24, 2.45) is 0 Å². The fourth-order valence-corrected chi connectivity index (χ4v) is 2.20. The molecule has 1 heterocycles. The molecular weight excluding hydrogens is 304 g/mol. The molecule has 19 heavy (non-hydrogen) atoms. The van der Waals surface area contributed by atoms with Gasteiger partial charge in [-0.05, 0) is 48.0 Å². The van der Waals surface area contributed by atoms with E-state index in [1.165, 1.54) is 0 Å². The molecule has 3 rings (SSSR count). The monoisotopic (exact) mass is 314 g/mol. The van der Waals surface area contributed by atoms with Gasteiger partial charge in [0.25, 0.3) is 0 Å². The van der Waals surface area contributed by atoms with E-state index in [1.807, 2.05) is 49.4 Å². The number of ether oxygens (including phenoxy) is 1. The summed E-state index contributed by atoms with van der Waals surface area (Å²) in [5.41, 5.74) is 0.871. The summed E-state index contributed by atoms with van der Waals surface area (Å²) >= 11 is 3.46. The zero-order chi connectivity index (χ0) is 13.2. The van der Waals surface area contributed by atoms with Crippen LogP contribution >= 0.6 is 15.9 Å². The summed E-state index contributed by atoms with van der Waals surface area (Å²) in [5, 5.41) is 10.2. The third-order valence-corrected chi connectivity index (χ3v) is 3.26. The third kappa shape index (κ3) is 2.74. The largest absolute Gasteiger partial charge is 0.438 e. The summed E-state index contributed by atoms with van der Waals surface area (Å²) in [6, 6.07) is 15.8.